The number of rotatable bonds is 16. The van der Waals surface area contributed by atoms with Crippen LogP contribution in [0, 0.1) is 5.92 Å². The molecule has 1 aromatic heterocycles. The standard InChI is InChI=1S/C41H49N5O9/c1-22(2)14-31(44-23(3)47)39(51)45-32(16-24-20-42-30-11-9-8-10-28(24)30)40(52)46-33(19-36(48)49)38(50)43-21-25-15-27(54-7)18-35-37(25)41(4,5)29-13-12-26(53-6)17-34(29)55-35/h8-13,15,17-18,20,22,31-33,42H,14,16,19,21H2,1-7H3,(H,43,50)(H,44,47)(H,45,51)(H,46,52)(H,48,49). The number of amides is 4. The number of benzene rings is 3. The first-order valence-electron chi connectivity index (χ1n) is 18.1. The first-order valence-corrected chi connectivity index (χ1v) is 18.1. The van der Waals surface area contributed by atoms with Crippen LogP contribution < -0.4 is 35.5 Å². The van der Waals surface area contributed by atoms with Gasteiger partial charge in [-0.2, -0.15) is 0 Å². The number of aromatic nitrogens is 1. The van der Waals surface area contributed by atoms with Gasteiger partial charge in [0.2, 0.25) is 23.6 Å². The van der Waals surface area contributed by atoms with Crippen LogP contribution in [-0.2, 0) is 42.4 Å². The Hall–Kier alpha value is -6.05. The van der Waals surface area contributed by atoms with Crippen molar-refractivity contribution in [2.24, 2.45) is 5.92 Å². The molecule has 0 radical (unpaired) electrons. The van der Waals surface area contributed by atoms with E-state index in [-0.39, 0.29) is 18.9 Å². The van der Waals surface area contributed by atoms with Gasteiger partial charge in [-0.05, 0) is 41.7 Å². The molecule has 1 aliphatic heterocycles. The molecule has 14 heteroatoms. The van der Waals surface area contributed by atoms with Gasteiger partial charge in [0.1, 0.15) is 41.1 Å². The second-order valence-corrected chi connectivity index (χ2v) is 14.6. The number of hydrogen-bond donors (Lipinski definition) is 6. The summed E-state index contributed by atoms with van der Waals surface area (Å²) in [5, 5.41) is 21.5. The van der Waals surface area contributed by atoms with Crippen LogP contribution >= 0.6 is 0 Å². The van der Waals surface area contributed by atoms with Crippen molar-refractivity contribution in [1.82, 2.24) is 26.3 Å². The molecule has 3 unspecified atom stereocenters. The zero-order chi connectivity index (χ0) is 40.0. The molecule has 0 spiro atoms. The second-order valence-electron chi connectivity index (χ2n) is 14.6. The van der Waals surface area contributed by atoms with Crippen LogP contribution in [0.15, 0.2) is 60.8 Å². The van der Waals surface area contributed by atoms with E-state index in [0.29, 0.717) is 40.5 Å². The maximum Gasteiger partial charge on any atom is 0.305 e. The van der Waals surface area contributed by atoms with Gasteiger partial charge in [-0.15, -0.1) is 0 Å². The minimum atomic E-state index is -1.51. The number of carboxylic acid groups (broad SMARTS) is 1. The van der Waals surface area contributed by atoms with Crippen LogP contribution in [-0.4, -0.2) is 72.0 Å². The number of H-pyrrole nitrogens is 1. The van der Waals surface area contributed by atoms with Crippen molar-refractivity contribution in [3.8, 4) is 23.0 Å². The highest BCUT2D eigenvalue weighted by atomic mass is 16.5. The van der Waals surface area contributed by atoms with E-state index >= 15 is 0 Å². The molecule has 0 saturated carbocycles. The molecule has 292 valence electrons. The van der Waals surface area contributed by atoms with Gasteiger partial charge >= 0.3 is 5.97 Å². The molecule has 0 bridgehead atoms. The topological polar surface area (TPSA) is 197 Å². The Morgan fingerprint density at radius 2 is 1.49 bits per heavy atom. The van der Waals surface area contributed by atoms with Crippen LogP contribution in [0.1, 0.15) is 69.7 Å². The van der Waals surface area contributed by atoms with Gasteiger partial charge in [-0.1, -0.05) is 52.0 Å². The smallest absolute Gasteiger partial charge is 0.305 e. The number of hydrogen-bond acceptors (Lipinski definition) is 8. The highest BCUT2D eigenvalue weighted by Gasteiger charge is 2.38. The lowest BCUT2D eigenvalue weighted by Crippen LogP contribution is -2.57. The monoisotopic (exact) mass is 755 g/mol. The summed E-state index contributed by atoms with van der Waals surface area (Å²) in [7, 11) is 3.09. The van der Waals surface area contributed by atoms with Gasteiger partial charge in [-0.3, -0.25) is 24.0 Å². The summed E-state index contributed by atoms with van der Waals surface area (Å²) in [6, 6.07) is 12.9. The molecule has 0 aliphatic carbocycles. The molecule has 4 amide bonds. The third kappa shape index (κ3) is 9.37. The Bertz CT molecular complexity index is 2090. The van der Waals surface area contributed by atoms with E-state index in [1.165, 1.54) is 14.0 Å². The average molecular weight is 756 g/mol. The van der Waals surface area contributed by atoms with Gasteiger partial charge < -0.3 is 45.6 Å². The zero-order valence-electron chi connectivity index (χ0n) is 32.1. The molecular weight excluding hydrogens is 706 g/mol. The summed E-state index contributed by atoms with van der Waals surface area (Å²) in [5.74, 6) is -1.55. The minimum Gasteiger partial charge on any atom is -0.497 e. The van der Waals surface area contributed by atoms with Crippen LogP contribution in [0.25, 0.3) is 10.9 Å². The second kappa shape index (κ2) is 17.0. The van der Waals surface area contributed by atoms with Crippen LogP contribution in [0.4, 0.5) is 0 Å². The number of methoxy groups -OCH3 is 2. The molecule has 6 N–H and O–H groups in total. The lowest BCUT2D eigenvalue weighted by atomic mass is 9.73. The van der Waals surface area contributed by atoms with Crippen LogP contribution in [0.5, 0.6) is 23.0 Å². The Kier molecular flexibility index (Phi) is 12.4. The van der Waals surface area contributed by atoms with Crippen molar-refractivity contribution in [2.75, 3.05) is 14.2 Å². The first-order chi connectivity index (χ1) is 26.1. The highest BCUT2D eigenvalue weighted by Crippen LogP contribution is 2.51. The fourth-order valence-corrected chi connectivity index (χ4v) is 7.09. The normalized spacial score (nSPS) is 14.3. The summed E-state index contributed by atoms with van der Waals surface area (Å²) in [6.45, 7) is 9.12. The third-order valence-electron chi connectivity index (χ3n) is 9.70. The highest BCUT2D eigenvalue weighted by molar-refractivity contribution is 5.96. The van der Waals surface area contributed by atoms with E-state index in [0.717, 1.165) is 22.0 Å². The van der Waals surface area contributed by atoms with Gasteiger partial charge in [0.15, 0.2) is 0 Å². The van der Waals surface area contributed by atoms with Crippen molar-refractivity contribution in [3.63, 3.8) is 0 Å². The van der Waals surface area contributed by atoms with Gasteiger partial charge in [0.25, 0.3) is 0 Å². The van der Waals surface area contributed by atoms with E-state index in [1.54, 1.807) is 31.5 Å². The Morgan fingerprint density at radius 3 is 2.16 bits per heavy atom. The quantitative estimate of drug-likeness (QED) is 0.0956. The zero-order valence-corrected chi connectivity index (χ0v) is 32.1. The number of fused-ring (bicyclic) bond motifs is 3. The maximum absolute atomic E-state index is 14.1. The van der Waals surface area contributed by atoms with Gasteiger partial charge in [0, 0.05) is 65.7 Å². The predicted molar refractivity (Wildman–Crippen MR) is 205 cm³/mol. The lowest BCUT2D eigenvalue weighted by Gasteiger charge is -2.36. The van der Waals surface area contributed by atoms with E-state index in [2.05, 4.69) is 26.3 Å². The van der Waals surface area contributed by atoms with Gasteiger partial charge in [0.05, 0.1) is 20.6 Å². The number of carbonyl (C=O) groups excluding carboxylic acids is 4. The third-order valence-corrected chi connectivity index (χ3v) is 9.70. The van der Waals surface area contributed by atoms with E-state index < -0.39 is 59.6 Å². The molecular formula is C41H49N5O9. The molecule has 0 saturated heterocycles. The van der Waals surface area contributed by atoms with Crippen LogP contribution in [0.2, 0.25) is 0 Å². The van der Waals surface area contributed by atoms with Crippen LogP contribution in [0.3, 0.4) is 0 Å². The van der Waals surface area contributed by atoms with Crippen molar-refractivity contribution < 1.29 is 43.3 Å². The number of aromatic amines is 1. The number of ether oxygens (including phenoxy) is 3. The molecule has 5 rings (SSSR count). The molecule has 1 aliphatic rings. The summed E-state index contributed by atoms with van der Waals surface area (Å²) in [5.41, 5.74) is 3.29. The number of nitrogens with one attached hydrogen (secondary N) is 5. The van der Waals surface area contributed by atoms with Crippen molar-refractivity contribution in [2.45, 2.75) is 84.0 Å². The first kappa shape index (κ1) is 40.1. The molecule has 4 aromatic rings. The average Bonchev–Trinajstić information content (AvgIpc) is 3.54. The summed E-state index contributed by atoms with van der Waals surface area (Å²) < 4.78 is 17.3. The number of para-hydroxylation sites is 1. The summed E-state index contributed by atoms with van der Waals surface area (Å²) >= 11 is 0. The fraction of sp³-hybridized carbons (Fsp3) is 0.390. The molecule has 0 fully saturated rings. The molecule has 14 nitrogen and oxygen atoms in total. The fourth-order valence-electron chi connectivity index (χ4n) is 7.09. The van der Waals surface area contributed by atoms with E-state index in [1.807, 2.05) is 64.1 Å². The summed E-state index contributed by atoms with van der Waals surface area (Å²) in [4.78, 5) is 68.7. The number of carboxylic acids is 1. The molecule has 55 heavy (non-hydrogen) atoms. The largest absolute Gasteiger partial charge is 0.497 e. The van der Waals surface area contributed by atoms with Crippen molar-refractivity contribution in [1.29, 1.82) is 0 Å². The molecule has 3 aromatic carbocycles. The van der Waals surface area contributed by atoms with E-state index in [9.17, 15) is 29.1 Å². The predicted octanol–water partition coefficient (Wildman–Crippen LogP) is 4.47. The number of aliphatic carboxylic acids is 1. The SMILES string of the molecule is COc1ccc2c(c1)Oc1cc(OC)cc(CNC(=O)C(CC(=O)O)NC(=O)C(Cc3c[nH]c4ccccc34)NC(=O)C(CC(C)C)NC(C)=O)c1C2(C)C. The van der Waals surface area contributed by atoms with E-state index in [4.69, 9.17) is 14.2 Å². The van der Waals surface area contributed by atoms with Gasteiger partial charge in [-0.25, -0.2) is 0 Å². The van der Waals surface area contributed by atoms with Crippen molar-refractivity contribution in [3.05, 3.63) is 83.0 Å². The van der Waals surface area contributed by atoms with Crippen molar-refractivity contribution >= 4 is 40.5 Å². The molecule has 2 heterocycles. The minimum absolute atomic E-state index is 0.00977. The Labute approximate surface area is 319 Å². The Morgan fingerprint density at radius 1 is 0.818 bits per heavy atom. The Balaban J connectivity index is 1.40. The maximum atomic E-state index is 14.1. The lowest BCUT2D eigenvalue weighted by molar-refractivity contribution is -0.141. The molecule has 3 atom stereocenters. The number of carbonyl (C=O) groups is 5. The summed E-state index contributed by atoms with van der Waals surface area (Å²) in [6.07, 6.45) is 1.32.